The topological polar surface area (TPSA) is 51.5 Å². The quantitative estimate of drug-likeness (QED) is 0.923. The van der Waals surface area contributed by atoms with Crippen molar-refractivity contribution in [1.82, 2.24) is 4.73 Å². The number of nitrogens with zero attached hydrogens (tertiary/aromatic N) is 1. The average molecular weight is 299 g/mol. The Morgan fingerprint density at radius 2 is 1.95 bits per heavy atom. The molecule has 2 aromatic rings. The third kappa shape index (κ3) is 2.61. The second-order valence-corrected chi connectivity index (χ2v) is 6.21. The number of hydrogen-bond donors (Lipinski definition) is 1. The van der Waals surface area contributed by atoms with Gasteiger partial charge in [0.15, 0.2) is 0 Å². The van der Waals surface area contributed by atoms with E-state index >= 15 is 0 Å². The van der Waals surface area contributed by atoms with Gasteiger partial charge in [-0.1, -0.05) is 44.2 Å². The van der Waals surface area contributed by atoms with Gasteiger partial charge in [-0.05, 0) is 30.7 Å². The summed E-state index contributed by atoms with van der Waals surface area (Å²) in [4.78, 5) is 18.4. The molecule has 0 unspecified atom stereocenters. The molecule has 0 fully saturated rings. The van der Waals surface area contributed by atoms with Crippen molar-refractivity contribution >= 4 is 0 Å². The molecule has 4 heteroatoms. The highest BCUT2D eigenvalue weighted by Crippen LogP contribution is 2.33. The summed E-state index contributed by atoms with van der Waals surface area (Å²) < 4.78 is 1.30. The Morgan fingerprint density at radius 3 is 2.64 bits per heavy atom. The van der Waals surface area contributed by atoms with Gasteiger partial charge in [-0.25, -0.2) is 0 Å². The number of benzene rings is 1. The van der Waals surface area contributed by atoms with E-state index in [9.17, 15) is 9.90 Å². The maximum absolute atomic E-state index is 12.7. The summed E-state index contributed by atoms with van der Waals surface area (Å²) in [6, 6.07) is 9.72. The molecule has 1 aliphatic carbocycles. The summed E-state index contributed by atoms with van der Waals surface area (Å²) >= 11 is 0. The highest BCUT2D eigenvalue weighted by atomic mass is 16.7. The molecule has 0 saturated heterocycles. The van der Waals surface area contributed by atoms with Crippen molar-refractivity contribution in [2.24, 2.45) is 5.92 Å². The van der Waals surface area contributed by atoms with E-state index in [4.69, 9.17) is 4.84 Å². The fourth-order valence-electron chi connectivity index (χ4n) is 2.99. The second kappa shape index (κ2) is 5.87. The van der Waals surface area contributed by atoms with E-state index in [0.29, 0.717) is 36.6 Å². The first kappa shape index (κ1) is 14.7. The molecule has 0 spiro atoms. The van der Waals surface area contributed by atoms with Crippen LogP contribution in [0, 0.1) is 5.92 Å². The van der Waals surface area contributed by atoms with Gasteiger partial charge in [0.25, 0.3) is 5.56 Å². The van der Waals surface area contributed by atoms with Gasteiger partial charge >= 0.3 is 0 Å². The fourth-order valence-corrected chi connectivity index (χ4v) is 2.99. The molecule has 1 aromatic carbocycles. The van der Waals surface area contributed by atoms with Crippen LogP contribution in [0.5, 0.6) is 5.75 Å². The van der Waals surface area contributed by atoms with Crippen LogP contribution in [0.15, 0.2) is 35.1 Å². The Bertz CT molecular complexity index is 732. The fraction of sp³-hybridized carbons (Fsp3) is 0.389. The molecule has 3 rings (SSSR count). The van der Waals surface area contributed by atoms with Crippen LogP contribution in [0.2, 0.25) is 0 Å². The molecule has 0 saturated carbocycles. The molecule has 1 N–H and O–H groups in total. The molecule has 1 heterocycles. The zero-order chi connectivity index (χ0) is 15.7. The summed E-state index contributed by atoms with van der Waals surface area (Å²) in [6.45, 7) is 4.45. The highest BCUT2D eigenvalue weighted by Gasteiger charge is 2.27. The Labute approximate surface area is 129 Å². The predicted molar refractivity (Wildman–Crippen MR) is 85.0 cm³/mol. The Hall–Kier alpha value is -2.23. The molecule has 116 valence electrons. The number of pyridine rings is 1. The van der Waals surface area contributed by atoms with Gasteiger partial charge < -0.3 is 9.94 Å². The lowest BCUT2D eigenvalue weighted by Crippen LogP contribution is -2.31. The Morgan fingerprint density at radius 1 is 1.23 bits per heavy atom. The third-order valence-electron chi connectivity index (χ3n) is 4.04. The molecular formula is C18H21NO3. The number of rotatable bonds is 5. The molecule has 22 heavy (non-hydrogen) atoms. The average Bonchev–Trinajstić information content (AvgIpc) is 2.80. The van der Waals surface area contributed by atoms with Crippen LogP contribution < -0.4 is 10.4 Å². The Kier molecular flexibility index (Phi) is 3.92. The second-order valence-electron chi connectivity index (χ2n) is 6.21. The minimum absolute atomic E-state index is 0.120. The largest absolute Gasteiger partial charge is 0.506 e. The molecule has 0 amide bonds. The van der Waals surface area contributed by atoms with E-state index in [1.807, 2.05) is 30.3 Å². The molecule has 1 aliphatic rings. The van der Waals surface area contributed by atoms with Gasteiger partial charge in [0.1, 0.15) is 18.1 Å². The zero-order valence-corrected chi connectivity index (χ0v) is 13.0. The summed E-state index contributed by atoms with van der Waals surface area (Å²) in [7, 11) is 0. The van der Waals surface area contributed by atoms with Crippen LogP contribution in [0.1, 0.15) is 36.2 Å². The first-order chi connectivity index (χ1) is 10.6. The van der Waals surface area contributed by atoms with Crippen molar-refractivity contribution in [2.45, 2.75) is 39.7 Å². The minimum Gasteiger partial charge on any atom is -0.506 e. The maximum atomic E-state index is 12.7. The van der Waals surface area contributed by atoms with Crippen LogP contribution in [0.3, 0.4) is 0 Å². The standard InChI is InChI=1S/C18H21NO3/c1-12(2)10-15-14-8-9-16(17(14)20)19(18(15)21)22-11-13-6-4-3-5-7-13/h3-7,12,20H,8-11H2,1-2H3. The van der Waals surface area contributed by atoms with E-state index in [2.05, 4.69) is 13.8 Å². The van der Waals surface area contributed by atoms with Crippen molar-refractivity contribution < 1.29 is 9.94 Å². The number of aromatic nitrogens is 1. The molecule has 1 aromatic heterocycles. The lowest BCUT2D eigenvalue weighted by molar-refractivity contribution is 0.0814. The molecule has 0 aliphatic heterocycles. The summed E-state index contributed by atoms with van der Waals surface area (Å²) in [5.41, 5.74) is 2.98. The zero-order valence-electron chi connectivity index (χ0n) is 13.0. The van der Waals surface area contributed by atoms with Crippen LogP contribution >= 0.6 is 0 Å². The van der Waals surface area contributed by atoms with Crippen molar-refractivity contribution in [1.29, 1.82) is 0 Å². The maximum Gasteiger partial charge on any atom is 0.287 e. The summed E-state index contributed by atoms with van der Waals surface area (Å²) in [5.74, 6) is 0.598. The monoisotopic (exact) mass is 299 g/mol. The van der Waals surface area contributed by atoms with Gasteiger partial charge in [0.05, 0.1) is 0 Å². The third-order valence-corrected chi connectivity index (χ3v) is 4.04. The SMILES string of the molecule is CC(C)Cc1c2c(O)c(n(OCc3ccccc3)c1=O)CC2. The molecule has 0 atom stereocenters. The predicted octanol–water partition coefficient (Wildman–Crippen LogP) is 2.48. The number of aromatic hydroxyl groups is 1. The van der Waals surface area contributed by atoms with Gasteiger partial charge in [0, 0.05) is 11.1 Å². The molecule has 0 radical (unpaired) electrons. The first-order valence-corrected chi connectivity index (χ1v) is 7.73. The van der Waals surface area contributed by atoms with Crippen LogP contribution in [0.4, 0.5) is 0 Å². The van der Waals surface area contributed by atoms with Gasteiger partial charge in [-0.2, -0.15) is 0 Å². The van der Waals surface area contributed by atoms with E-state index in [1.54, 1.807) is 0 Å². The van der Waals surface area contributed by atoms with Gasteiger partial charge in [-0.15, -0.1) is 4.73 Å². The van der Waals surface area contributed by atoms with Gasteiger partial charge in [0.2, 0.25) is 0 Å². The number of hydrogen-bond acceptors (Lipinski definition) is 3. The first-order valence-electron chi connectivity index (χ1n) is 7.73. The normalized spacial score (nSPS) is 12.9. The van der Waals surface area contributed by atoms with E-state index < -0.39 is 0 Å². The summed E-state index contributed by atoms with van der Waals surface area (Å²) in [5, 5.41) is 10.3. The van der Waals surface area contributed by atoms with Crippen molar-refractivity contribution in [3.63, 3.8) is 0 Å². The lowest BCUT2D eigenvalue weighted by Gasteiger charge is -2.15. The van der Waals surface area contributed by atoms with E-state index in [1.165, 1.54) is 4.73 Å². The van der Waals surface area contributed by atoms with Crippen LogP contribution in [-0.2, 0) is 25.9 Å². The van der Waals surface area contributed by atoms with Crippen LogP contribution in [-0.4, -0.2) is 9.84 Å². The summed E-state index contributed by atoms with van der Waals surface area (Å²) in [6.07, 6.45) is 2.04. The van der Waals surface area contributed by atoms with Crippen molar-refractivity contribution in [2.75, 3.05) is 0 Å². The molecule has 2 bridgehead atoms. The Balaban J connectivity index is 1.95. The van der Waals surface area contributed by atoms with Crippen molar-refractivity contribution in [3.05, 3.63) is 63.1 Å². The smallest absolute Gasteiger partial charge is 0.287 e. The number of fused-ring (bicyclic) bond motifs is 2. The van der Waals surface area contributed by atoms with Crippen LogP contribution in [0.25, 0.3) is 0 Å². The van der Waals surface area contributed by atoms with E-state index in [-0.39, 0.29) is 11.3 Å². The lowest BCUT2D eigenvalue weighted by atomic mass is 9.99. The minimum atomic E-state index is -0.120. The molecular weight excluding hydrogens is 278 g/mol. The van der Waals surface area contributed by atoms with Gasteiger partial charge in [-0.3, -0.25) is 4.79 Å². The van der Waals surface area contributed by atoms with E-state index in [0.717, 1.165) is 17.5 Å². The highest BCUT2D eigenvalue weighted by molar-refractivity contribution is 5.47. The van der Waals surface area contributed by atoms with Crippen molar-refractivity contribution in [3.8, 4) is 5.75 Å². The molecule has 4 nitrogen and oxygen atoms in total.